The van der Waals surface area contributed by atoms with Gasteiger partial charge in [-0.3, -0.25) is 10.1 Å². The molecule has 224 valence electrons. The van der Waals surface area contributed by atoms with Crippen molar-refractivity contribution in [3.8, 4) is 17.0 Å². The summed E-state index contributed by atoms with van der Waals surface area (Å²) >= 11 is 6.58. The van der Waals surface area contributed by atoms with E-state index in [9.17, 15) is 18.5 Å². The van der Waals surface area contributed by atoms with Crippen LogP contribution in [-0.4, -0.2) is 59.4 Å². The number of fused-ring (bicyclic) bond motifs is 1. The molecule has 0 saturated heterocycles. The van der Waals surface area contributed by atoms with Crippen LogP contribution in [0.4, 0.5) is 17.3 Å². The lowest BCUT2D eigenvalue weighted by atomic mass is 9.97. The number of methoxy groups -OCH3 is 1. The number of nitro groups is 1. The van der Waals surface area contributed by atoms with Crippen molar-refractivity contribution in [1.82, 2.24) is 18.8 Å². The van der Waals surface area contributed by atoms with Gasteiger partial charge in [-0.15, -0.1) is 0 Å². The number of ether oxygens (including phenoxy) is 1. The molecule has 1 aliphatic heterocycles. The number of nitrogens with one attached hydrogen (secondary N) is 1. The topological polar surface area (TPSA) is 132 Å². The van der Waals surface area contributed by atoms with Crippen molar-refractivity contribution >= 4 is 55.4 Å². The highest BCUT2D eigenvalue weighted by Crippen LogP contribution is 2.40. The molecular weight excluding hydrogens is 604 g/mol. The fourth-order valence-corrected chi connectivity index (χ4v) is 6.82. The van der Waals surface area contributed by atoms with Crippen LogP contribution in [0.15, 0.2) is 90.1 Å². The first-order valence-corrected chi connectivity index (χ1v) is 15.4. The third-order valence-corrected chi connectivity index (χ3v) is 9.46. The Morgan fingerprint density at radius 2 is 1.82 bits per heavy atom. The van der Waals surface area contributed by atoms with Crippen LogP contribution in [0.1, 0.15) is 12.0 Å². The van der Waals surface area contributed by atoms with Gasteiger partial charge in [0.25, 0.3) is 15.7 Å². The van der Waals surface area contributed by atoms with E-state index in [-0.39, 0.29) is 27.2 Å². The van der Waals surface area contributed by atoms with Gasteiger partial charge in [0.05, 0.1) is 50.6 Å². The Hall–Kier alpha value is -4.78. The molecule has 0 atom stereocenters. The van der Waals surface area contributed by atoms with E-state index in [0.717, 1.165) is 12.1 Å². The summed E-state index contributed by atoms with van der Waals surface area (Å²) in [6, 6.07) is 18.2. The molecule has 0 radical (unpaired) electrons. The molecule has 6 rings (SSSR count). The number of benzene rings is 3. The fourth-order valence-electron chi connectivity index (χ4n) is 5.24. The van der Waals surface area contributed by atoms with E-state index in [4.69, 9.17) is 16.3 Å². The molecule has 0 saturated carbocycles. The fraction of sp³-hybridized carbons (Fsp3) is 0.161. The summed E-state index contributed by atoms with van der Waals surface area (Å²) < 4.78 is 34.0. The summed E-state index contributed by atoms with van der Waals surface area (Å²) in [5, 5.41) is 16.0. The largest absolute Gasteiger partial charge is 0.495 e. The second kappa shape index (κ2) is 11.7. The predicted octanol–water partition coefficient (Wildman–Crippen LogP) is 6.37. The van der Waals surface area contributed by atoms with Crippen LogP contribution in [-0.2, 0) is 10.0 Å². The minimum Gasteiger partial charge on any atom is -0.495 e. The van der Waals surface area contributed by atoms with Gasteiger partial charge in [-0.1, -0.05) is 54.1 Å². The van der Waals surface area contributed by atoms with E-state index in [1.807, 2.05) is 13.1 Å². The first-order valence-electron chi connectivity index (χ1n) is 13.6. The van der Waals surface area contributed by atoms with Gasteiger partial charge in [-0.05, 0) is 43.3 Å². The maximum atomic E-state index is 13.6. The second-order valence-corrected chi connectivity index (χ2v) is 12.5. The monoisotopic (exact) mass is 630 g/mol. The Labute approximate surface area is 258 Å². The minimum absolute atomic E-state index is 0.0764. The van der Waals surface area contributed by atoms with Crippen molar-refractivity contribution in [3.63, 3.8) is 0 Å². The zero-order valence-corrected chi connectivity index (χ0v) is 25.3. The first-order chi connectivity index (χ1) is 21.2. The number of rotatable bonds is 8. The Morgan fingerprint density at radius 1 is 1.07 bits per heavy atom. The first kappa shape index (κ1) is 29.3. The van der Waals surface area contributed by atoms with Crippen LogP contribution in [0.3, 0.4) is 0 Å². The standard InChI is InChI=1S/C31H27ClN6O5S/c1-36-14-12-20(13-15-36)23-16-29(43-2)26(17-28(23)38(39)40)34-31-33-18-25(32)30(35-31)24-19-37(27-11-7-6-10-22(24)27)44(41,42)21-8-4-3-5-9-21/h3-12,16-19H,13-15H2,1-2H3,(H,33,34,35). The molecule has 11 nitrogen and oxygen atoms in total. The average Bonchev–Trinajstić information content (AvgIpc) is 3.43. The Morgan fingerprint density at radius 3 is 2.52 bits per heavy atom. The second-order valence-electron chi connectivity index (χ2n) is 10.3. The summed E-state index contributed by atoms with van der Waals surface area (Å²) in [4.78, 5) is 22.9. The molecule has 1 aliphatic rings. The number of para-hydroxylation sites is 1. The molecule has 3 aromatic carbocycles. The minimum atomic E-state index is -3.94. The summed E-state index contributed by atoms with van der Waals surface area (Å²) in [5.74, 6) is 0.460. The van der Waals surface area contributed by atoms with Gasteiger partial charge < -0.3 is 15.0 Å². The number of aromatic nitrogens is 3. The van der Waals surface area contributed by atoms with Crippen molar-refractivity contribution in [2.24, 2.45) is 0 Å². The Bertz CT molecular complexity index is 2050. The third kappa shape index (κ3) is 5.39. The van der Waals surface area contributed by atoms with Crippen molar-refractivity contribution in [1.29, 1.82) is 0 Å². The lowest BCUT2D eigenvalue weighted by Crippen LogP contribution is -2.23. The van der Waals surface area contributed by atoms with Gasteiger partial charge >= 0.3 is 0 Å². The summed E-state index contributed by atoms with van der Waals surface area (Å²) in [7, 11) is -0.459. The molecule has 0 unspecified atom stereocenters. The van der Waals surface area contributed by atoms with Crippen LogP contribution in [0, 0.1) is 10.1 Å². The maximum absolute atomic E-state index is 13.6. The van der Waals surface area contributed by atoms with Crippen molar-refractivity contribution in [2.45, 2.75) is 11.3 Å². The van der Waals surface area contributed by atoms with Crippen LogP contribution >= 0.6 is 11.6 Å². The molecule has 0 spiro atoms. The maximum Gasteiger partial charge on any atom is 0.279 e. The molecule has 2 aromatic heterocycles. The molecule has 1 N–H and O–H groups in total. The average molecular weight is 631 g/mol. The van der Waals surface area contributed by atoms with Crippen LogP contribution < -0.4 is 10.1 Å². The quantitative estimate of drug-likeness (QED) is 0.153. The lowest BCUT2D eigenvalue weighted by molar-refractivity contribution is -0.385. The highest BCUT2D eigenvalue weighted by Gasteiger charge is 2.25. The summed E-state index contributed by atoms with van der Waals surface area (Å²) in [6.07, 6.45) is 5.54. The van der Waals surface area contributed by atoms with Gasteiger partial charge in [0, 0.05) is 36.3 Å². The van der Waals surface area contributed by atoms with E-state index < -0.39 is 14.9 Å². The van der Waals surface area contributed by atoms with Crippen LogP contribution in [0.5, 0.6) is 5.75 Å². The highest BCUT2D eigenvalue weighted by atomic mass is 35.5. The normalized spacial score (nSPS) is 13.9. The molecule has 0 bridgehead atoms. The number of hydrogen-bond donors (Lipinski definition) is 1. The molecular formula is C31H27ClN6O5S. The van der Waals surface area contributed by atoms with E-state index in [0.29, 0.717) is 46.4 Å². The van der Waals surface area contributed by atoms with Crippen molar-refractivity contribution in [2.75, 3.05) is 32.6 Å². The molecule has 3 heterocycles. The predicted molar refractivity (Wildman–Crippen MR) is 170 cm³/mol. The van der Waals surface area contributed by atoms with E-state index in [1.54, 1.807) is 48.5 Å². The molecule has 0 fully saturated rings. The van der Waals surface area contributed by atoms with Gasteiger partial charge in [0.2, 0.25) is 5.95 Å². The van der Waals surface area contributed by atoms with Gasteiger partial charge in [-0.25, -0.2) is 22.4 Å². The highest BCUT2D eigenvalue weighted by molar-refractivity contribution is 7.90. The smallest absolute Gasteiger partial charge is 0.279 e. The Kier molecular flexibility index (Phi) is 7.80. The lowest BCUT2D eigenvalue weighted by Gasteiger charge is -2.22. The SMILES string of the molecule is COc1cc(C2=CCN(C)CC2)c([N+](=O)[O-])cc1Nc1ncc(Cl)c(-c2cn(S(=O)(=O)c3ccccc3)c3ccccc23)n1. The molecule has 5 aromatic rings. The van der Waals surface area contributed by atoms with Gasteiger partial charge in [-0.2, -0.15) is 0 Å². The zero-order valence-electron chi connectivity index (χ0n) is 23.8. The summed E-state index contributed by atoms with van der Waals surface area (Å²) in [6.45, 7) is 1.48. The van der Waals surface area contributed by atoms with E-state index >= 15 is 0 Å². The number of nitrogens with zero attached hydrogens (tertiary/aromatic N) is 5. The number of likely N-dealkylation sites (N-methyl/N-ethyl adjacent to an activating group) is 1. The van der Waals surface area contributed by atoms with E-state index in [2.05, 4.69) is 20.2 Å². The number of halogens is 1. The Balaban J connectivity index is 1.43. The van der Waals surface area contributed by atoms with Crippen LogP contribution in [0.25, 0.3) is 27.7 Å². The molecule has 0 amide bonds. The summed E-state index contributed by atoms with van der Waals surface area (Å²) in [5.41, 5.74) is 2.79. The molecule has 0 aliphatic carbocycles. The zero-order chi connectivity index (χ0) is 31.0. The van der Waals surface area contributed by atoms with Crippen LogP contribution in [0.2, 0.25) is 5.02 Å². The van der Waals surface area contributed by atoms with E-state index in [1.165, 1.54) is 41.7 Å². The number of hydrogen-bond acceptors (Lipinski definition) is 9. The number of anilines is 2. The molecule has 13 heteroatoms. The third-order valence-electron chi connectivity index (χ3n) is 7.50. The van der Waals surface area contributed by atoms with Crippen molar-refractivity contribution < 1.29 is 18.1 Å². The van der Waals surface area contributed by atoms with Gasteiger partial charge in [0.15, 0.2) is 0 Å². The van der Waals surface area contributed by atoms with Crippen molar-refractivity contribution in [3.05, 3.63) is 106 Å². The van der Waals surface area contributed by atoms with Gasteiger partial charge in [0.1, 0.15) is 5.75 Å². The number of nitro benzene ring substituents is 1. The molecule has 44 heavy (non-hydrogen) atoms.